The number of aliphatic hydroxyl groups is 1. The Hall–Kier alpha value is -1.65. The van der Waals surface area contributed by atoms with Crippen molar-refractivity contribution in [1.29, 1.82) is 0 Å². The minimum absolute atomic E-state index is 0.102. The fourth-order valence-corrected chi connectivity index (χ4v) is 5.83. The van der Waals surface area contributed by atoms with Gasteiger partial charge in [0, 0.05) is 23.7 Å². The van der Waals surface area contributed by atoms with Crippen molar-refractivity contribution in [3.05, 3.63) is 42.1 Å². The number of nitrogens with one attached hydrogen (secondary N) is 1. The first kappa shape index (κ1) is 14.7. The second-order valence-electron chi connectivity index (χ2n) is 8.37. The molecule has 2 unspecified atom stereocenters. The van der Waals surface area contributed by atoms with E-state index in [1.54, 1.807) is 0 Å². The van der Waals surface area contributed by atoms with Gasteiger partial charge in [-0.15, -0.1) is 0 Å². The third-order valence-corrected chi connectivity index (χ3v) is 6.29. The fraction of sp³-hybridized carbons (Fsp3) is 0.550. The molecular weight excluding hydrogens is 300 g/mol. The van der Waals surface area contributed by atoms with E-state index >= 15 is 0 Å². The van der Waals surface area contributed by atoms with Gasteiger partial charge in [-0.2, -0.15) is 0 Å². The molecule has 0 aliphatic heterocycles. The molecule has 6 rings (SSSR count). The lowest BCUT2D eigenvalue weighted by molar-refractivity contribution is -0.142. The Balaban J connectivity index is 1.31. The molecule has 0 saturated heterocycles. The summed E-state index contributed by atoms with van der Waals surface area (Å²) in [4.78, 5) is 0. The summed E-state index contributed by atoms with van der Waals surface area (Å²) >= 11 is 0. The van der Waals surface area contributed by atoms with Crippen LogP contribution in [0.1, 0.15) is 44.2 Å². The molecular formula is C20H24N2O2. The first-order chi connectivity index (χ1) is 11.6. The second kappa shape index (κ2) is 5.17. The molecule has 1 aromatic heterocycles. The van der Waals surface area contributed by atoms with Gasteiger partial charge in [0.05, 0.1) is 11.3 Å². The van der Waals surface area contributed by atoms with Gasteiger partial charge in [0.25, 0.3) is 0 Å². The van der Waals surface area contributed by atoms with Gasteiger partial charge in [0.2, 0.25) is 0 Å². The highest BCUT2D eigenvalue weighted by atomic mass is 16.5. The third kappa shape index (κ3) is 2.49. The van der Waals surface area contributed by atoms with Gasteiger partial charge in [-0.25, -0.2) is 0 Å². The highest BCUT2D eigenvalue weighted by molar-refractivity contribution is 5.56. The van der Waals surface area contributed by atoms with E-state index in [0.29, 0.717) is 18.4 Å². The zero-order valence-electron chi connectivity index (χ0n) is 13.9. The molecule has 4 atom stereocenters. The highest BCUT2D eigenvalue weighted by Crippen LogP contribution is 2.57. The number of benzene rings is 1. The third-order valence-electron chi connectivity index (χ3n) is 6.29. The molecule has 4 aliphatic rings. The SMILES string of the molecule is OC12C[C@H]3C[C@@H](C1)CC(NCc1cc(-c4ccccc4)on1)(C3)C2. The Kier molecular flexibility index (Phi) is 3.16. The maximum absolute atomic E-state index is 10.8. The summed E-state index contributed by atoms with van der Waals surface area (Å²) < 4.78 is 5.50. The zero-order chi connectivity index (χ0) is 16.2. The van der Waals surface area contributed by atoms with Gasteiger partial charge in [0.1, 0.15) is 0 Å². The molecule has 0 radical (unpaired) electrons. The van der Waals surface area contributed by atoms with E-state index in [0.717, 1.165) is 36.3 Å². The summed E-state index contributed by atoms with van der Waals surface area (Å²) in [5.74, 6) is 2.21. The van der Waals surface area contributed by atoms with Gasteiger partial charge >= 0.3 is 0 Å². The van der Waals surface area contributed by atoms with Crippen molar-refractivity contribution in [1.82, 2.24) is 10.5 Å². The summed E-state index contributed by atoms with van der Waals surface area (Å²) in [6, 6.07) is 12.1. The quantitative estimate of drug-likeness (QED) is 0.903. The zero-order valence-corrected chi connectivity index (χ0v) is 13.9. The molecule has 1 aromatic carbocycles. The van der Waals surface area contributed by atoms with Gasteiger partial charge in [0.15, 0.2) is 5.76 Å². The molecule has 4 saturated carbocycles. The van der Waals surface area contributed by atoms with E-state index in [2.05, 4.69) is 10.5 Å². The van der Waals surface area contributed by atoms with Crippen LogP contribution in [0.2, 0.25) is 0 Å². The minimum atomic E-state index is -0.421. The first-order valence-corrected chi connectivity index (χ1v) is 9.10. The summed E-state index contributed by atoms with van der Waals surface area (Å²) in [7, 11) is 0. The standard InChI is InChI=1S/C20H24N2O2/c23-20-10-14-6-15(11-20)9-19(8-14,13-20)21-12-17-7-18(24-22-17)16-4-2-1-3-5-16/h1-5,7,14-15,21,23H,6,8-13H2/t14-,15+,19?,20?. The van der Waals surface area contributed by atoms with Crippen LogP contribution in [0.3, 0.4) is 0 Å². The smallest absolute Gasteiger partial charge is 0.167 e. The van der Waals surface area contributed by atoms with Crippen LogP contribution < -0.4 is 5.32 Å². The normalized spacial score (nSPS) is 37.0. The number of hydrogen-bond donors (Lipinski definition) is 2. The predicted molar refractivity (Wildman–Crippen MR) is 91.1 cm³/mol. The van der Waals surface area contributed by atoms with Crippen LogP contribution in [0.25, 0.3) is 11.3 Å². The Morgan fingerprint density at radius 1 is 1.12 bits per heavy atom. The topological polar surface area (TPSA) is 58.3 Å². The average molecular weight is 324 g/mol. The van der Waals surface area contributed by atoms with Crippen molar-refractivity contribution in [3.8, 4) is 11.3 Å². The highest BCUT2D eigenvalue weighted by Gasteiger charge is 2.56. The number of hydrogen-bond acceptors (Lipinski definition) is 4. The summed E-state index contributed by atoms with van der Waals surface area (Å²) in [5, 5.41) is 18.8. The van der Waals surface area contributed by atoms with Crippen molar-refractivity contribution in [2.45, 2.75) is 56.2 Å². The Morgan fingerprint density at radius 3 is 2.58 bits per heavy atom. The lowest BCUT2D eigenvalue weighted by atomic mass is 9.51. The van der Waals surface area contributed by atoms with Crippen LogP contribution in [0.4, 0.5) is 0 Å². The van der Waals surface area contributed by atoms with Crippen molar-refractivity contribution in [2.75, 3.05) is 0 Å². The van der Waals surface area contributed by atoms with Crippen molar-refractivity contribution >= 4 is 0 Å². The van der Waals surface area contributed by atoms with Crippen LogP contribution in [0.15, 0.2) is 40.9 Å². The molecule has 4 nitrogen and oxygen atoms in total. The number of aromatic nitrogens is 1. The van der Waals surface area contributed by atoms with Crippen LogP contribution in [-0.2, 0) is 6.54 Å². The van der Waals surface area contributed by atoms with Gasteiger partial charge < -0.3 is 14.9 Å². The summed E-state index contributed by atoms with van der Waals surface area (Å²) in [5.41, 5.74) is 1.68. The van der Waals surface area contributed by atoms with Crippen molar-refractivity contribution in [2.24, 2.45) is 11.8 Å². The van der Waals surface area contributed by atoms with E-state index in [9.17, 15) is 5.11 Å². The molecule has 4 aliphatic carbocycles. The van der Waals surface area contributed by atoms with E-state index in [4.69, 9.17) is 4.52 Å². The van der Waals surface area contributed by atoms with Crippen LogP contribution in [0.5, 0.6) is 0 Å². The molecule has 4 fully saturated rings. The fourth-order valence-electron chi connectivity index (χ4n) is 5.83. The molecule has 2 aromatic rings. The largest absolute Gasteiger partial charge is 0.390 e. The van der Waals surface area contributed by atoms with Crippen LogP contribution >= 0.6 is 0 Å². The molecule has 24 heavy (non-hydrogen) atoms. The molecule has 0 amide bonds. The molecule has 1 heterocycles. The summed E-state index contributed by atoms with van der Waals surface area (Å²) in [6.45, 7) is 0.714. The van der Waals surface area contributed by atoms with Gasteiger partial charge in [-0.05, 0) is 50.4 Å². The lowest BCUT2D eigenvalue weighted by Crippen LogP contribution is -2.64. The van der Waals surface area contributed by atoms with E-state index in [-0.39, 0.29) is 5.54 Å². The lowest BCUT2D eigenvalue weighted by Gasteiger charge is -2.60. The molecule has 126 valence electrons. The van der Waals surface area contributed by atoms with E-state index in [1.165, 1.54) is 19.3 Å². The first-order valence-electron chi connectivity index (χ1n) is 9.10. The van der Waals surface area contributed by atoms with Gasteiger partial charge in [-0.1, -0.05) is 35.5 Å². The average Bonchev–Trinajstić information content (AvgIpc) is 3.01. The van der Waals surface area contributed by atoms with Crippen molar-refractivity contribution in [3.63, 3.8) is 0 Å². The Labute approximate surface area is 142 Å². The monoisotopic (exact) mass is 324 g/mol. The number of nitrogens with zero attached hydrogens (tertiary/aromatic N) is 1. The molecule has 4 bridgehead atoms. The number of rotatable bonds is 4. The molecule has 4 heteroatoms. The van der Waals surface area contributed by atoms with E-state index < -0.39 is 5.60 Å². The van der Waals surface area contributed by atoms with Gasteiger partial charge in [-0.3, -0.25) is 0 Å². The Morgan fingerprint density at radius 2 is 1.88 bits per heavy atom. The van der Waals surface area contributed by atoms with Crippen LogP contribution in [-0.4, -0.2) is 21.4 Å². The van der Waals surface area contributed by atoms with Crippen molar-refractivity contribution < 1.29 is 9.63 Å². The Bertz CT molecular complexity index is 725. The molecule has 2 N–H and O–H groups in total. The predicted octanol–water partition coefficient (Wildman–Crippen LogP) is 3.51. The maximum Gasteiger partial charge on any atom is 0.167 e. The van der Waals surface area contributed by atoms with Crippen LogP contribution in [0, 0.1) is 11.8 Å². The molecule has 0 spiro atoms. The summed E-state index contributed by atoms with van der Waals surface area (Å²) in [6.07, 6.45) is 6.64. The second-order valence-corrected chi connectivity index (χ2v) is 8.37. The van der Waals surface area contributed by atoms with E-state index in [1.807, 2.05) is 36.4 Å². The minimum Gasteiger partial charge on any atom is -0.390 e. The maximum atomic E-state index is 10.8.